The summed E-state index contributed by atoms with van der Waals surface area (Å²) < 4.78 is 5.36. The molecule has 0 radical (unpaired) electrons. The van der Waals surface area contributed by atoms with Gasteiger partial charge >= 0.3 is 0 Å². The molecule has 30 heavy (non-hydrogen) atoms. The van der Waals surface area contributed by atoms with E-state index < -0.39 is 0 Å². The van der Waals surface area contributed by atoms with Gasteiger partial charge in [0.1, 0.15) is 22.1 Å². The summed E-state index contributed by atoms with van der Waals surface area (Å²) in [6.07, 6.45) is 5.97. The van der Waals surface area contributed by atoms with E-state index in [9.17, 15) is 4.79 Å². The molecular formula is C22H26ClN3O2S2. The number of hydrogen-bond acceptors (Lipinski definition) is 6. The maximum absolute atomic E-state index is 13.1. The largest absolute Gasteiger partial charge is 0.495 e. The van der Waals surface area contributed by atoms with Crippen molar-refractivity contribution in [3.63, 3.8) is 0 Å². The molecule has 2 aromatic rings. The molecule has 1 amide bonds. The molecule has 0 bridgehead atoms. The van der Waals surface area contributed by atoms with Crippen molar-refractivity contribution in [3.05, 3.63) is 35.1 Å². The molecular weight excluding hydrogens is 438 g/mol. The number of amides is 1. The number of nitrogens with one attached hydrogen (secondary N) is 1. The van der Waals surface area contributed by atoms with Crippen molar-refractivity contribution in [2.75, 3.05) is 12.4 Å². The maximum Gasteiger partial charge on any atom is 0.238 e. The van der Waals surface area contributed by atoms with Gasteiger partial charge in [-0.25, -0.2) is 9.97 Å². The van der Waals surface area contributed by atoms with Crippen LogP contribution in [0, 0.1) is 5.92 Å². The standard InChI is InChI=1S/C22H26ClN3O2S2/c1-4-17(20(27)26-15-10-13(23)6-8-16(15)28-3)29-21-19-14-7-5-12(2)9-18(14)30-22(19)25-11-24-21/h6,8,10-12,14,17-18H,4-5,7,9H2,1-3H3,(H,26,27). The molecule has 1 aromatic carbocycles. The van der Waals surface area contributed by atoms with Crippen molar-refractivity contribution >= 4 is 46.7 Å². The zero-order valence-corrected chi connectivity index (χ0v) is 19.7. The summed E-state index contributed by atoms with van der Waals surface area (Å²) in [6, 6.07) is 5.21. The molecule has 1 saturated carbocycles. The lowest BCUT2D eigenvalue weighted by Gasteiger charge is -2.29. The van der Waals surface area contributed by atoms with Crippen LogP contribution < -0.4 is 10.1 Å². The molecule has 1 aliphatic heterocycles. The Kier molecular flexibility index (Phi) is 6.80. The van der Waals surface area contributed by atoms with Crippen molar-refractivity contribution in [1.82, 2.24) is 9.97 Å². The minimum absolute atomic E-state index is 0.0742. The van der Waals surface area contributed by atoms with Gasteiger partial charge in [0.15, 0.2) is 0 Å². The molecule has 1 fully saturated rings. The lowest BCUT2D eigenvalue weighted by molar-refractivity contribution is -0.115. The van der Waals surface area contributed by atoms with Crippen molar-refractivity contribution in [1.29, 1.82) is 0 Å². The van der Waals surface area contributed by atoms with Crippen LogP contribution in [0.25, 0.3) is 0 Å². The number of halogens is 1. The van der Waals surface area contributed by atoms with Gasteiger partial charge in [-0.3, -0.25) is 4.79 Å². The van der Waals surface area contributed by atoms with Crippen LogP contribution in [0.4, 0.5) is 5.69 Å². The molecule has 2 aliphatic rings. The first-order valence-electron chi connectivity index (χ1n) is 10.3. The van der Waals surface area contributed by atoms with Crippen LogP contribution in [-0.2, 0) is 4.79 Å². The van der Waals surface area contributed by atoms with Gasteiger partial charge in [0.05, 0.1) is 18.0 Å². The van der Waals surface area contributed by atoms with Gasteiger partial charge in [-0.1, -0.05) is 43.6 Å². The smallest absolute Gasteiger partial charge is 0.238 e. The number of thioether (sulfide) groups is 2. The van der Waals surface area contributed by atoms with E-state index in [0.717, 1.165) is 16.0 Å². The van der Waals surface area contributed by atoms with E-state index in [0.29, 0.717) is 34.0 Å². The molecule has 1 aliphatic carbocycles. The first kappa shape index (κ1) is 21.8. The number of hydrogen-bond donors (Lipinski definition) is 1. The van der Waals surface area contributed by atoms with Crippen molar-refractivity contribution in [2.24, 2.45) is 5.92 Å². The molecule has 8 heteroatoms. The zero-order chi connectivity index (χ0) is 21.3. The Morgan fingerprint density at radius 1 is 1.40 bits per heavy atom. The highest BCUT2D eigenvalue weighted by Crippen LogP contribution is 2.54. The fourth-order valence-corrected chi connectivity index (χ4v) is 7.20. The van der Waals surface area contributed by atoms with E-state index in [4.69, 9.17) is 16.3 Å². The number of anilines is 1. The van der Waals surface area contributed by atoms with E-state index >= 15 is 0 Å². The summed E-state index contributed by atoms with van der Waals surface area (Å²) in [4.78, 5) is 22.2. The Morgan fingerprint density at radius 3 is 3.00 bits per heavy atom. The van der Waals surface area contributed by atoms with E-state index in [1.807, 2.05) is 18.7 Å². The average molecular weight is 464 g/mol. The van der Waals surface area contributed by atoms with Gasteiger partial charge in [0, 0.05) is 21.8 Å². The summed E-state index contributed by atoms with van der Waals surface area (Å²) in [5.74, 6) is 1.78. The van der Waals surface area contributed by atoms with Crippen molar-refractivity contribution in [3.8, 4) is 5.75 Å². The lowest BCUT2D eigenvalue weighted by atomic mass is 9.80. The van der Waals surface area contributed by atoms with Crippen LogP contribution in [0.3, 0.4) is 0 Å². The number of carbonyl (C=O) groups is 1. The zero-order valence-electron chi connectivity index (χ0n) is 17.4. The Morgan fingerprint density at radius 2 is 2.23 bits per heavy atom. The monoisotopic (exact) mass is 463 g/mol. The summed E-state index contributed by atoms with van der Waals surface area (Å²) in [5, 5.41) is 5.91. The van der Waals surface area contributed by atoms with Crippen LogP contribution in [0.2, 0.25) is 5.02 Å². The van der Waals surface area contributed by atoms with Gasteiger partial charge in [-0.15, -0.1) is 11.8 Å². The highest BCUT2D eigenvalue weighted by atomic mass is 35.5. The van der Waals surface area contributed by atoms with Gasteiger partial charge in [-0.05, 0) is 43.4 Å². The van der Waals surface area contributed by atoms with E-state index in [2.05, 4.69) is 22.2 Å². The highest BCUT2D eigenvalue weighted by Gasteiger charge is 2.40. The molecule has 1 N–H and O–H groups in total. The Balaban J connectivity index is 1.54. The second-order valence-corrected chi connectivity index (χ2v) is 10.8. The number of ether oxygens (including phenoxy) is 1. The van der Waals surface area contributed by atoms with Gasteiger partial charge in [-0.2, -0.15) is 0 Å². The second-order valence-electron chi connectivity index (χ2n) is 7.93. The first-order valence-corrected chi connectivity index (χ1v) is 12.5. The quantitative estimate of drug-likeness (QED) is 0.417. The van der Waals surface area contributed by atoms with E-state index in [1.165, 1.54) is 24.8 Å². The van der Waals surface area contributed by atoms with Gasteiger partial charge < -0.3 is 10.1 Å². The molecule has 5 nitrogen and oxygen atoms in total. The highest BCUT2D eigenvalue weighted by molar-refractivity contribution is 8.01. The number of carbonyl (C=O) groups excluding carboxylic acids is 1. The summed E-state index contributed by atoms with van der Waals surface area (Å²) in [5.41, 5.74) is 1.84. The van der Waals surface area contributed by atoms with Gasteiger partial charge in [0.25, 0.3) is 0 Å². The molecule has 1 aromatic heterocycles. The molecule has 0 saturated heterocycles. The van der Waals surface area contributed by atoms with Crippen LogP contribution in [0.1, 0.15) is 51.0 Å². The molecule has 4 rings (SSSR count). The number of benzene rings is 1. The molecule has 160 valence electrons. The Labute approximate surface area is 191 Å². The Bertz CT molecular complexity index is 943. The number of rotatable bonds is 6. The topological polar surface area (TPSA) is 64.1 Å². The van der Waals surface area contributed by atoms with Crippen LogP contribution in [0.5, 0.6) is 5.75 Å². The van der Waals surface area contributed by atoms with Crippen LogP contribution in [-0.4, -0.2) is 33.5 Å². The van der Waals surface area contributed by atoms with Crippen molar-refractivity contribution < 1.29 is 9.53 Å². The predicted octanol–water partition coefficient (Wildman–Crippen LogP) is 6.03. The maximum atomic E-state index is 13.1. The Hall–Kier alpha value is -1.44. The predicted molar refractivity (Wildman–Crippen MR) is 124 cm³/mol. The van der Waals surface area contributed by atoms with E-state index in [1.54, 1.807) is 43.4 Å². The van der Waals surface area contributed by atoms with Crippen molar-refractivity contribution in [2.45, 2.75) is 66.0 Å². The minimum atomic E-state index is -0.265. The normalized spacial score (nSPS) is 23.4. The molecule has 2 heterocycles. The van der Waals surface area contributed by atoms with Gasteiger partial charge in [0.2, 0.25) is 5.91 Å². The molecule has 0 spiro atoms. The summed E-state index contributed by atoms with van der Waals surface area (Å²) in [7, 11) is 1.58. The third kappa shape index (κ3) is 4.43. The first-order chi connectivity index (χ1) is 14.5. The number of aromatic nitrogens is 2. The third-order valence-electron chi connectivity index (χ3n) is 5.84. The second kappa shape index (κ2) is 9.37. The van der Waals surface area contributed by atoms with Crippen LogP contribution >= 0.6 is 35.1 Å². The number of fused-ring (bicyclic) bond motifs is 3. The molecule has 4 atom stereocenters. The average Bonchev–Trinajstić information content (AvgIpc) is 3.10. The number of nitrogens with zero attached hydrogens (tertiary/aromatic N) is 2. The number of methoxy groups -OCH3 is 1. The molecule has 4 unspecified atom stereocenters. The fraction of sp³-hybridized carbons (Fsp3) is 0.500. The minimum Gasteiger partial charge on any atom is -0.495 e. The van der Waals surface area contributed by atoms with E-state index in [-0.39, 0.29) is 11.2 Å². The summed E-state index contributed by atoms with van der Waals surface area (Å²) in [6.45, 7) is 4.36. The lowest BCUT2D eigenvalue weighted by Crippen LogP contribution is -2.25. The third-order valence-corrected chi connectivity index (χ3v) is 8.82. The summed E-state index contributed by atoms with van der Waals surface area (Å²) >= 11 is 9.55. The SMILES string of the molecule is CCC(Sc1ncnc2c1C1CCC(C)CC1S2)C(=O)Nc1cc(Cl)ccc1OC. The fourth-order valence-electron chi connectivity index (χ4n) is 4.25. The van der Waals surface area contributed by atoms with Crippen LogP contribution in [0.15, 0.2) is 34.6 Å².